The second kappa shape index (κ2) is 8.90. The lowest BCUT2D eigenvalue weighted by Crippen LogP contribution is -2.48. The van der Waals surface area contributed by atoms with Gasteiger partial charge in [-0.2, -0.15) is 0 Å². The number of nitro groups is 1. The van der Waals surface area contributed by atoms with Gasteiger partial charge in [0, 0.05) is 37.3 Å². The molecule has 2 aromatic carbocycles. The highest BCUT2D eigenvalue weighted by atomic mass is 35.5. The van der Waals surface area contributed by atoms with Crippen LogP contribution in [0.25, 0.3) is 0 Å². The number of hydrogen-bond donors (Lipinski definition) is 1. The van der Waals surface area contributed by atoms with Gasteiger partial charge in [0.05, 0.1) is 24.3 Å². The smallest absolute Gasteiger partial charge is 0.292 e. The van der Waals surface area contributed by atoms with Crippen LogP contribution < -0.4 is 15.0 Å². The van der Waals surface area contributed by atoms with Crippen LogP contribution in [0, 0.1) is 10.1 Å². The van der Waals surface area contributed by atoms with Crippen LogP contribution >= 0.6 is 11.6 Å². The summed E-state index contributed by atoms with van der Waals surface area (Å²) in [6.07, 6.45) is 0. The highest BCUT2D eigenvalue weighted by Crippen LogP contribution is 2.29. The second-order valence-electron chi connectivity index (χ2n) is 6.40. The maximum Gasteiger partial charge on any atom is 0.292 e. The molecule has 148 valence electrons. The van der Waals surface area contributed by atoms with E-state index in [2.05, 4.69) is 5.32 Å². The molecule has 0 unspecified atom stereocenters. The molecule has 0 radical (unpaired) electrons. The van der Waals surface area contributed by atoms with Crippen LogP contribution in [0.1, 0.15) is 0 Å². The summed E-state index contributed by atoms with van der Waals surface area (Å²) in [4.78, 5) is 27.2. The van der Waals surface area contributed by atoms with Gasteiger partial charge in [-0.1, -0.05) is 23.7 Å². The number of para-hydroxylation sites is 2. The van der Waals surface area contributed by atoms with Gasteiger partial charge in [-0.15, -0.1) is 0 Å². The first-order valence-electron chi connectivity index (χ1n) is 8.82. The quantitative estimate of drug-likeness (QED) is 0.588. The molecule has 1 amide bonds. The van der Waals surface area contributed by atoms with Crippen molar-refractivity contribution in [3.63, 3.8) is 0 Å². The maximum absolute atomic E-state index is 12.4. The Balaban J connectivity index is 1.57. The summed E-state index contributed by atoms with van der Waals surface area (Å²) in [5.41, 5.74) is 1.24. The lowest BCUT2D eigenvalue weighted by Gasteiger charge is -2.35. The van der Waals surface area contributed by atoms with Gasteiger partial charge >= 0.3 is 0 Å². The molecule has 0 spiro atoms. The summed E-state index contributed by atoms with van der Waals surface area (Å²) < 4.78 is 5.24. The van der Waals surface area contributed by atoms with Crippen molar-refractivity contribution >= 4 is 34.6 Å². The van der Waals surface area contributed by atoms with E-state index < -0.39 is 0 Å². The first-order valence-corrected chi connectivity index (χ1v) is 9.20. The Hall–Kier alpha value is -2.84. The average Bonchev–Trinajstić information content (AvgIpc) is 2.68. The molecular weight excluding hydrogens is 384 g/mol. The third-order valence-electron chi connectivity index (χ3n) is 4.59. The molecule has 8 nitrogen and oxygen atoms in total. The minimum atomic E-state index is -0.368. The average molecular weight is 405 g/mol. The van der Waals surface area contributed by atoms with E-state index >= 15 is 0 Å². The summed E-state index contributed by atoms with van der Waals surface area (Å²) in [5, 5.41) is 14.6. The summed E-state index contributed by atoms with van der Waals surface area (Å²) in [6, 6.07) is 11.7. The molecule has 1 aliphatic heterocycles. The third kappa shape index (κ3) is 4.71. The van der Waals surface area contributed by atoms with E-state index in [-0.39, 0.29) is 23.1 Å². The first kappa shape index (κ1) is 19.9. The Morgan fingerprint density at radius 2 is 1.93 bits per heavy atom. The fraction of sp³-hybridized carbons (Fsp3) is 0.316. The van der Waals surface area contributed by atoms with E-state index in [1.807, 2.05) is 9.80 Å². The summed E-state index contributed by atoms with van der Waals surface area (Å²) in [6.45, 7) is 2.70. The number of nitro benzene ring substituents is 1. The number of anilines is 2. The van der Waals surface area contributed by atoms with Crippen LogP contribution in [0.15, 0.2) is 42.5 Å². The fourth-order valence-corrected chi connectivity index (χ4v) is 3.38. The highest BCUT2D eigenvalue weighted by Gasteiger charge is 2.24. The zero-order valence-electron chi connectivity index (χ0n) is 15.4. The molecule has 0 saturated carbocycles. The SMILES string of the molecule is COc1ccc(Cl)cc1NC(=O)CN1CCN(c2ccccc2[N+](=O)[O-])CC1. The van der Waals surface area contributed by atoms with Crippen molar-refractivity contribution < 1.29 is 14.5 Å². The van der Waals surface area contributed by atoms with E-state index in [0.29, 0.717) is 48.3 Å². The second-order valence-corrected chi connectivity index (χ2v) is 6.84. The van der Waals surface area contributed by atoms with Crippen molar-refractivity contribution in [2.24, 2.45) is 0 Å². The molecule has 28 heavy (non-hydrogen) atoms. The van der Waals surface area contributed by atoms with Gasteiger partial charge in [0.25, 0.3) is 5.69 Å². The van der Waals surface area contributed by atoms with Gasteiger partial charge in [-0.3, -0.25) is 19.8 Å². The van der Waals surface area contributed by atoms with Gasteiger partial charge in [0.1, 0.15) is 11.4 Å². The minimum absolute atomic E-state index is 0.0988. The molecule has 2 aromatic rings. The van der Waals surface area contributed by atoms with E-state index in [1.54, 1.807) is 36.4 Å². The third-order valence-corrected chi connectivity index (χ3v) is 4.83. The minimum Gasteiger partial charge on any atom is -0.495 e. The van der Waals surface area contributed by atoms with Gasteiger partial charge in [-0.25, -0.2) is 0 Å². The predicted octanol–water partition coefficient (Wildman–Crippen LogP) is 3.02. The molecule has 0 aromatic heterocycles. The first-order chi connectivity index (χ1) is 13.5. The number of carbonyl (C=O) groups excluding carboxylic acids is 1. The zero-order valence-corrected chi connectivity index (χ0v) is 16.2. The number of methoxy groups -OCH3 is 1. The zero-order chi connectivity index (χ0) is 20.1. The van der Waals surface area contributed by atoms with E-state index in [4.69, 9.17) is 16.3 Å². The Morgan fingerprint density at radius 1 is 1.21 bits per heavy atom. The Kier molecular flexibility index (Phi) is 6.33. The molecule has 0 bridgehead atoms. The van der Waals surface area contributed by atoms with E-state index in [0.717, 1.165) is 0 Å². The number of carbonyl (C=O) groups is 1. The maximum atomic E-state index is 12.4. The van der Waals surface area contributed by atoms with Crippen LogP contribution in [0.5, 0.6) is 5.75 Å². The Labute approximate surface area is 167 Å². The number of ether oxygens (including phenoxy) is 1. The molecule has 3 rings (SSSR count). The van der Waals surface area contributed by atoms with Gasteiger partial charge < -0.3 is 15.0 Å². The molecule has 1 aliphatic rings. The number of rotatable bonds is 6. The summed E-state index contributed by atoms with van der Waals surface area (Å²) in [7, 11) is 1.53. The lowest BCUT2D eigenvalue weighted by molar-refractivity contribution is -0.384. The lowest BCUT2D eigenvalue weighted by atomic mass is 10.2. The van der Waals surface area contributed by atoms with Crippen molar-refractivity contribution in [1.29, 1.82) is 0 Å². The van der Waals surface area contributed by atoms with Crippen LogP contribution in [-0.4, -0.2) is 55.6 Å². The van der Waals surface area contributed by atoms with Crippen molar-refractivity contribution in [1.82, 2.24) is 4.90 Å². The molecule has 1 fully saturated rings. The van der Waals surface area contributed by atoms with Crippen LogP contribution in [0.4, 0.5) is 17.1 Å². The normalized spacial score (nSPS) is 14.6. The van der Waals surface area contributed by atoms with Crippen molar-refractivity contribution in [2.45, 2.75) is 0 Å². The summed E-state index contributed by atoms with van der Waals surface area (Å²) >= 11 is 5.99. The van der Waals surface area contributed by atoms with Crippen molar-refractivity contribution in [2.75, 3.05) is 50.1 Å². The molecule has 1 heterocycles. The molecule has 9 heteroatoms. The molecular formula is C19H21ClN4O4. The van der Waals surface area contributed by atoms with Crippen molar-refractivity contribution in [3.8, 4) is 5.75 Å². The molecule has 1 saturated heterocycles. The largest absolute Gasteiger partial charge is 0.495 e. The van der Waals surface area contributed by atoms with Gasteiger partial charge in [0.15, 0.2) is 0 Å². The fourth-order valence-electron chi connectivity index (χ4n) is 3.20. The Bertz CT molecular complexity index is 869. The van der Waals surface area contributed by atoms with Crippen LogP contribution in [-0.2, 0) is 4.79 Å². The highest BCUT2D eigenvalue weighted by molar-refractivity contribution is 6.31. The van der Waals surface area contributed by atoms with Gasteiger partial charge in [0.2, 0.25) is 5.91 Å². The van der Waals surface area contributed by atoms with Crippen LogP contribution in [0.3, 0.4) is 0 Å². The number of benzene rings is 2. The Morgan fingerprint density at radius 3 is 2.61 bits per heavy atom. The number of nitrogens with one attached hydrogen (secondary N) is 1. The molecule has 1 N–H and O–H groups in total. The van der Waals surface area contributed by atoms with E-state index in [9.17, 15) is 14.9 Å². The molecule has 0 aliphatic carbocycles. The summed E-state index contributed by atoms with van der Waals surface area (Å²) in [5.74, 6) is 0.374. The van der Waals surface area contributed by atoms with Crippen LogP contribution in [0.2, 0.25) is 5.02 Å². The number of hydrogen-bond acceptors (Lipinski definition) is 6. The van der Waals surface area contributed by atoms with Gasteiger partial charge in [-0.05, 0) is 24.3 Å². The number of nitrogens with zero attached hydrogens (tertiary/aromatic N) is 3. The predicted molar refractivity (Wildman–Crippen MR) is 108 cm³/mol. The number of amides is 1. The standard InChI is InChI=1S/C19H21ClN4O4/c1-28-18-7-6-14(20)12-15(18)21-19(25)13-22-8-10-23(11-9-22)16-4-2-3-5-17(16)24(26)27/h2-7,12H,8-11,13H2,1H3,(H,21,25). The van der Waals surface area contributed by atoms with E-state index in [1.165, 1.54) is 13.2 Å². The number of halogens is 1. The molecule has 0 atom stereocenters. The monoisotopic (exact) mass is 404 g/mol. The number of piperazine rings is 1. The topological polar surface area (TPSA) is 88.0 Å². The van der Waals surface area contributed by atoms with Crippen molar-refractivity contribution in [3.05, 3.63) is 57.6 Å².